The summed E-state index contributed by atoms with van der Waals surface area (Å²) in [6, 6.07) is 8.88. The number of hydrogen-bond donors (Lipinski definition) is 1. The molecule has 5 rings (SSSR count). The highest BCUT2D eigenvalue weighted by Gasteiger charge is 2.55. The van der Waals surface area contributed by atoms with Crippen molar-refractivity contribution < 1.29 is 9.32 Å². The van der Waals surface area contributed by atoms with Crippen LogP contribution in [-0.2, 0) is 16.6 Å². The number of hydrogen-bond acceptors (Lipinski definition) is 6. The van der Waals surface area contributed by atoms with Gasteiger partial charge in [-0.2, -0.15) is 4.98 Å². The van der Waals surface area contributed by atoms with Crippen LogP contribution < -0.4 is 5.32 Å². The minimum atomic E-state index is -0.338. The number of rotatable bonds is 6. The van der Waals surface area contributed by atoms with Crippen molar-refractivity contribution in [3.8, 4) is 0 Å². The van der Waals surface area contributed by atoms with Crippen molar-refractivity contribution in [2.24, 2.45) is 5.41 Å². The van der Waals surface area contributed by atoms with Gasteiger partial charge < -0.3 is 14.6 Å². The average Bonchev–Trinajstić information content (AvgIpc) is 3.21. The summed E-state index contributed by atoms with van der Waals surface area (Å²) in [5.74, 6) is 2.11. The van der Waals surface area contributed by atoms with Crippen LogP contribution in [0.5, 0.6) is 0 Å². The minimum absolute atomic E-state index is 0.338. The van der Waals surface area contributed by atoms with Crippen LogP contribution in [0, 0.1) is 5.41 Å². The molecule has 2 aliphatic carbocycles. The Morgan fingerprint density at radius 1 is 1.23 bits per heavy atom. The number of aryl methyl sites for hydroxylation is 1. The molecule has 3 aliphatic rings. The number of nitrogens with zero attached hydrogens (tertiary/aromatic N) is 3. The molecule has 1 aromatic carbocycles. The van der Waals surface area contributed by atoms with Crippen molar-refractivity contribution in [2.45, 2.75) is 69.2 Å². The van der Waals surface area contributed by atoms with Crippen molar-refractivity contribution in [1.29, 1.82) is 0 Å². The van der Waals surface area contributed by atoms with E-state index in [0.29, 0.717) is 17.4 Å². The van der Waals surface area contributed by atoms with E-state index in [1.54, 1.807) is 0 Å². The zero-order chi connectivity index (χ0) is 20.8. The largest absolute Gasteiger partial charge is 0.388 e. The van der Waals surface area contributed by atoms with Crippen molar-refractivity contribution in [3.63, 3.8) is 0 Å². The van der Waals surface area contributed by atoms with Crippen LogP contribution in [0.15, 0.2) is 28.8 Å². The summed E-state index contributed by atoms with van der Waals surface area (Å²) in [7, 11) is 1.94. The Morgan fingerprint density at radius 2 is 1.97 bits per heavy atom. The number of benzene rings is 1. The summed E-state index contributed by atoms with van der Waals surface area (Å²) in [6.45, 7) is 4.43. The third-order valence-corrected chi connectivity index (χ3v) is 7.91. The van der Waals surface area contributed by atoms with Crippen LogP contribution in [0.1, 0.15) is 68.6 Å². The first kappa shape index (κ1) is 19.7. The van der Waals surface area contributed by atoms with E-state index < -0.39 is 0 Å². The third kappa shape index (κ3) is 3.16. The van der Waals surface area contributed by atoms with E-state index in [2.05, 4.69) is 39.4 Å². The van der Waals surface area contributed by atoms with Gasteiger partial charge in [-0.15, -0.1) is 0 Å². The van der Waals surface area contributed by atoms with Crippen molar-refractivity contribution >= 4 is 12.0 Å². The first-order chi connectivity index (χ1) is 14.6. The molecule has 2 saturated carbocycles. The number of carbonyl (C=O) groups is 1. The second-order valence-electron chi connectivity index (χ2n) is 9.71. The normalized spacial score (nSPS) is 28.7. The molecule has 3 fully saturated rings. The fourth-order valence-corrected chi connectivity index (χ4v) is 6.14. The monoisotopic (exact) mass is 408 g/mol. The standard InChI is InChI=1S/C24H32N4O2/c1-3-21-26-22(30-27-21)17-12-23(13-17)14-28(15-23)18-8-10-24(16-29,11-9-18)19-6-4-5-7-20(19)25-2/h4-7,16-18,25H,3,8-15H2,1-2H3. The fourth-order valence-electron chi connectivity index (χ4n) is 6.14. The lowest BCUT2D eigenvalue weighted by molar-refractivity contribution is -0.119. The van der Waals surface area contributed by atoms with Gasteiger partial charge in [0.1, 0.15) is 6.29 Å². The van der Waals surface area contributed by atoms with E-state index in [9.17, 15) is 4.79 Å². The molecule has 0 radical (unpaired) electrons. The van der Waals surface area contributed by atoms with E-state index in [1.165, 1.54) is 32.2 Å². The molecule has 1 aromatic heterocycles. The summed E-state index contributed by atoms with van der Waals surface area (Å²) in [4.78, 5) is 19.4. The van der Waals surface area contributed by atoms with Gasteiger partial charge in [-0.05, 0) is 55.6 Å². The highest BCUT2D eigenvalue weighted by molar-refractivity contribution is 5.74. The first-order valence-corrected chi connectivity index (χ1v) is 11.4. The lowest BCUT2D eigenvalue weighted by atomic mass is 9.57. The minimum Gasteiger partial charge on any atom is -0.388 e. The zero-order valence-electron chi connectivity index (χ0n) is 18.1. The molecule has 1 spiro atoms. The van der Waals surface area contributed by atoms with Crippen LogP contribution >= 0.6 is 0 Å². The SMILES string of the molecule is CCc1noc(C2CC3(C2)CN(C2CCC(C=O)(c4ccccc4NC)CC2)C3)n1. The van der Waals surface area contributed by atoms with Gasteiger partial charge >= 0.3 is 0 Å². The molecule has 1 aliphatic heterocycles. The summed E-state index contributed by atoms with van der Waals surface area (Å²) < 4.78 is 5.45. The molecular weight excluding hydrogens is 376 g/mol. The molecule has 2 heterocycles. The van der Waals surface area contributed by atoms with E-state index in [0.717, 1.165) is 55.1 Å². The molecule has 0 bridgehead atoms. The fraction of sp³-hybridized carbons (Fsp3) is 0.625. The van der Waals surface area contributed by atoms with Crippen LogP contribution in [0.2, 0.25) is 0 Å². The topological polar surface area (TPSA) is 71.3 Å². The smallest absolute Gasteiger partial charge is 0.229 e. The summed E-state index contributed by atoms with van der Waals surface area (Å²) in [5.41, 5.74) is 2.37. The van der Waals surface area contributed by atoms with Crippen LogP contribution in [0.25, 0.3) is 0 Å². The summed E-state index contributed by atoms with van der Waals surface area (Å²) in [5, 5.41) is 7.32. The molecule has 0 amide bonds. The molecule has 160 valence electrons. The third-order valence-electron chi connectivity index (χ3n) is 7.91. The van der Waals surface area contributed by atoms with Gasteiger partial charge in [-0.25, -0.2) is 0 Å². The van der Waals surface area contributed by atoms with Crippen LogP contribution in [0.4, 0.5) is 5.69 Å². The van der Waals surface area contributed by atoms with Gasteiger partial charge in [0, 0.05) is 44.2 Å². The Balaban J connectivity index is 1.16. The number of anilines is 1. The summed E-state index contributed by atoms with van der Waals surface area (Å²) >= 11 is 0. The number of aromatic nitrogens is 2. The second kappa shape index (κ2) is 7.49. The molecular formula is C24H32N4O2. The number of aldehydes is 1. The molecule has 6 heteroatoms. The van der Waals surface area contributed by atoms with E-state index in [-0.39, 0.29) is 5.41 Å². The van der Waals surface area contributed by atoms with Crippen molar-refractivity contribution in [3.05, 3.63) is 41.5 Å². The maximum absolute atomic E-state index is 12.2. The van der Waals surface area contributed by atoms with Gasteiger partial charge in [-0.1, -0.05) is 30.3 Å². The maximum Gasteiger partial charge on any atom is 0.229 e. The van der Waals surface area contributed by atoms with Gasteiger partial charge in [0.05, 0.1) is 5.41 Å². The Hall–Kier alpha value is -2.21. The predicted octanol–water partition coefficient (Wildman–Crippen LogP) is 3.93. The zero-order valence-corrected chi connectivity index (χ0v) is 18.1. The van der Waals surface area contributed by atoms with E-state index in [1.807, 2.05) is 19.2 Å². The van der Waals surface area contributed by atoms with Gasteiger partial charge in [0.25, 0.3) is 0 Å². The summed E-state index contributed by atoms with van der Waals surface area (Å²) in [6.07, 6.45) is 8.46. The van der Waals surface area contributed by atoms with Crippen LogP contribution in [0.3, 0.4) is 0 Å². The highest BCUT2D eigenvalue weighted by Crippen LogP contribution is 2.57. The number of carbonyl (C=O) groups excluding carboxylic acids is 1. The Bertz CT molecular complexity index is 901. The second-order valence-corrected chi connectivity index (χ2v) is 9.71. The maximum atomic E-state index is 12.2. The predicted molar refractivity (Wildman–Crippen MR) is 116 cm³/mol. The Labute approximate surface area is 178 Å². The molecule has 6 nitrogen and oxygen atoms in total. The molecule has 1 saturated heterocycles. The number of para-hydroxylation sites is 1. The molecule has 0 atom stereocenters. The Kier molecular flexibility index (Phi) is 4.92. The molecule has 0 unspecified atom stereocenters. The van der Waals surface area contributed by atoms with Crippen LogP contribution in [-0.4, -0.2) is 47.5 Å². The van der Waals surface area contributed by atoms with E-state index >= 15 is 0 Å². The lowest BCUT2D eigenvalue weighted by Gasteiger charge is -2.61. The quantitative estimate of drug-likeness (QED) is 0.730. The van der Waals surface area contributed by atoms with Gasteiger partial charge in [0.15, 0.2) is 5.82 Å². The van der Waals surface area contributed by atoms with E-state index in [4.69, 9.17) is 4.52 Å². The molecule has 2 aromatic rings. The number of nitrogens with one attached hydrogen (secondary N) is 1. The van der Waals surface area contributed by atoms with Crippen molar-refractivity contribution in [2.75, 3.05) is 25.5 Å². The lowest BCUT2D eigenvalue weighted by Crippen LogP contribution is -2.65. The van der Waals surface area contributed by atoms with Crippen molar-refractivity contribution in [1.82, 2.24) is 15.0 Å². The number of likely N-dealkylation sites (tertiary alicyclic amines) is 1. The molecule has 1 N–H and O–H groups in total. The molecule has 30 heavy (non-hydrogen) atoms. The average molecular weight is 409 g/mol. The van der Waals surface area contributed by atoms with Gasteiger partial charge in [-0.3, -0.25) is 4.90 Å². The van der Waals surface area contributed by atoms with Gasteiger partial charge in [0.2, 0.25) is 5.89 Å². The first-order valence-electron chi connectivity index (χ1n) is 11.4. The Morgan fingerprint density at radius 3 is 2.60 bits per heavy atom. The highest BCUT2D eigenvalue weighted by atomic mass is 16.5.